The predicted octanol–water partition coefficient (Wildman–Crippen LogP) is 5.63. The normalized spacial score (nSPS) is 11.2. The standard InChI is InChI=1S/C26H19N5O2S/c32-23-8-5-15-28-25(23)29-26(33)20-7-1-2-9-24(20)34-18-11-12-19-21(30-31-22(19)16-18)13-10-17-6-3-4-14-27-17/h1-16,32H,(H,30,31)(H,28,29,33)/b13-10+. The maximum absolute atomic E-state index is 12.9. The highest BCUT2D eigenvalue weighted by Crippen LogP contribution is 2.33. The molecule has 3 N–H and O–H groups in total. The SMILES string of the molecule is O=C(Nc1ncccc1O)c1ccccc1Sc1ccc2c(/C=C/c3ccccn3)n[nH]c2c1. The minimum Gasteiger partial charge on any atom is -0.504 e. The van der Waals surface area contributed by atoms with Gasteiger partial charge >= 0.3 is 0 Å². The lowest BCUT2D eigenvalue weighted by molar-refractivity contribution is 0.102. The molecule has 7 nitrogen and oxygen atoms in total. The fraction of sp³-hybridized carbons (Fsp3) is 0. The molecule has 0 spiro atoms. The van der Waals surface area contributed by atoms with Gasteiger partial charge in [-0.25, -0.2) is 4.98 Å². The van der Waals surface area contributed by atoms with Gasteiger partial charge in [0.2, 0.25) is 0 Å². The van der Waals surface area contributed by atoms with Crippen LogP contribution < -0.4 is 5.32 Å². The van der Waals surface area contributed by atoms with Crippen molar-refractivity contribution in [3.63, 3.8) is 0 Å². The summed E-state index contributed by atoms with van der Waals surface area (Å²) in [4.78, 5) is 22.9. The maximum atomic E-state index is 12.9. The molecular formula is C26H19N5O2S. The van der Waals surface area contributed by atoms with E-state index in [-0.39, 0.29) is 17.5 Å². The number of anilines is 1. The largest absolute Gasteiger partial charge is 0.504 e. The first-order chi connectivity index (χ1) is 16.7. The van der Waals surface area contributed by atoms with Crippen LogP contribution in [0.25, 0.3) is 23.1 Å². The Hall–Kier alpha value is -4.43. The van der Waals surface area contributed by atoms with E-state index in [1.807, 2.05) is 60.7 Å². The molecule has 0 saturated heterocycles. The van der Waals surface area contributed by atoms with Crippen LogP contribution in [0, 0.1) is 0 Å². The molecule has 1 amide bonds. The second kappa shape index (κ2) is 9.60. The van der Waals surface area contributed by atoms with Crippen molar-refractivity contribution in [2.45, 2.75) is 9.79 Å². The van der Waals surface area contributed by atoms with Gasteiger partial charge in [0, 0.05) is 27.6 Å². The molecule has 0 fully saturated rings. The molecule has 3 heterocycles. The lowest BCUT2D eigenvalue weighted by Gasteiger charge is -2.10. The minimum absolute atomic E-state index is 0.0846. The van der Waals surface area contributed by atoms with Crippen LogP contribution in [-0.4, -0.2) is 31.2 Å². The highest BCUT2D eigenvalue weighted by Gasteiger charge is 2.15. The topological polar surface area (TPSA) is 104 Å². The number of hydrogen-bond acceptors (Lipinski definition) is 6. The summed E-state index contributed by atoms with van der Waals surface area (Å²) in [6, 6.07) is 22.1. The van der Waals surface area contributed by atoms with Crippen molar-refractivity contribution in [2.75, 3.05) is 5.32 Å². The van der Waals surface area contributed by atoms with Crippen molar-refractivity contribution >= 4 is 46.5 Å². The molecule has 0 aliphatic heterocycles. The van der Waals surface area contributed by atoms with E-state index in [9.17, 15) is 9.90 Å². The average molecular weight is 466 g/mol. The van der Waals surface area contributed by atoms with Crippen molar-refractivity contribution < 1.29 is 9.90 Å². The van der Waals surface area contributed by atoms with Crippen LogP contribution in [0.15, 0.2) is 95.0 Å². The van der Waals surface area contributed by atoms with E-state index in [1.54, 1.807) is 24.4 Å². The van der Waals surface area contributed by atoms with Crippen LogP contribution in [-0.2, 0) is 0 Å². The van der Waals surface area contributed by atoms with E-state index >= 15 is 0 Å². The molecule has 34 heavy (non-hydrogen) atoms. The Morgan fingerprint density at radius 3 is 2.65 bits per heavy atom. The van der Waals surface area contributed by atoms with Gasteiger partial charge in [0.05, 0.1) is 22.5 Å². The summed E-state index contributed by atoms with van der Waals surface area (Å²) in [5, 5.41) is 21.1. The number of nitrogens with one attached hydrogen (secondary N) is 2. The zero-order valence-electron chi connectivity index (χ0n) is 17.8. The second-order valence-electron chi connectivity index (χ2n) is 7.33. The molecule has 3 aromatic heterocycles. The van der Waals surface area contributed by atoms with Gasteiger partial charge in [-0.3, -0.25) is 14.9 Å². The number of carbonyl (C=O) groups excluding carboxylic acids is 1. The van der Waals surface area contributed by atoms with Crippen LogP contribution in [0.5, 0.6) is 5.75 Å². The number of nitrogens with zero attached hydrogens (tertiary/aromatic N) is 3. The summed E-state index contributed by atoms with van der Waals surface area (Å²) < 4.78 is 0. The van der Waals surface area contributed by atoms with Gasteiger partial charge in [-0.05, 0) is 66.7 Å². The number of carbonyl (C=O) groups is 1. The molecule has 166 valence electrons. The van der Waals surface area contributed by atoms with Crippen molar-refractivity contribution in [3.05, 3.63) is 102 Å². The lowest BCUT2D eigenvalue weighted by atomic mass is 10.2. The monoisotopic (exact) mass is 465 g/mol. The van der Waals surface area contributed by atoms with Gasteiger partial charge in [0.1, 0.15) is 0 Å². The second-order valence-corrected chi connectivity index (χ2v) is 8.44. The Bertz CT molecular complexity index is 1500. The maximum Gasteiger partial charge on any atom is 0.258 e. The highest BCUT2D eigenvalue weighted by atomic mass is 32.2. The predicted molar refractivity (Wildman–Crippen MR) is 134 cm³/mol. The molecule has 0 atom stereocenters. The fourth-order valence-electron chi connectivity index (χ4n) is 3.39. The Labute approximate surface area is 199 Å². The number of aromatic hydroxyl groups is 1. The number of amides is 1. The number of aromatic nitrogens is 4. The van der Waals surface area contributed by atoms with E-state index in [0.717, 1.165) is 32.1 Å². The van der Waals surface area contributed by atoms with E-state index in [1.165, 1.54) is 24.0 Å². The summed E-state index contributed by atoms with van der Waals surface area (Å²) in [5.41, 5.74) is 3.07. The van der Waals surface area contributed by atoms with Gasteiger partial charge in [-0.2, -0.15) is 5.10 Å². The smallest absolute Gasteiger partial charge is 0.258 e. The fourth-order valence-corrected chi connectivity index (χ4v) is 4.37. The first-order valence-corrected chi connectivity index (χ1v) is 11.3. The van der Waals surface area contributed by atoms with Gasteiger partial charge in [-0.1, -0.05) is 30.0 Å². The number of benzene rings is 2. The molecule has 0 unspecified atom stereocenters. The quantitative estimate of drug-likeness (QED) is 0.300. The van der Waals surface area contributed by atoms with Crippen molar-refractivity contribution in [1.29, 1.82) is 0 Å². The van der Waals surface area contributed by atoms with Crippen molar-refractivity contribution in [1.82, 2.24) is 20.2 Å². The first-order valence-electron chi connectivity index (χ1n) is 10.5. The Morgan fingerprint density at radius 1 is 0.941 bits per heavy atom. The highest BCUT2D eigenvalue weighted by molar-refractivity contribution is 7.99. The third kappa shape index (κ3) is 4.67. The van der Waals surface area contributed by atoms with Crippen molar-refractivity contribution in [3.8, 4) is 5.75 Å². The summed E-state index contributed by atoms with van der Waals surface area (Å²) in [5.74, 6) is -0.308. The molecule has 5 rings (SSSR count). The van der Waals surface area contributed by atoms with Gasteiger partial charge < -0.3 is 10.4 Å². The molecule has 0 saturated carbocycles. The van der Waals surface area contributed by atoms with E-state index in [4.69, 9.17) is 0 Å². The number of rotatable bonds is 6. The van der Waals surface area contributed by atoms with E-state index in [0.29, 0.717) is 5.56 Å². The third-order valence-corrected chi connectivity index (χ3v) is 6.11. The molecule has 0 radical (unpaired) electrons. The molecule has 0 aliphatic carbocycles. The Kier molecular flexibility index (Phi) is 6.05. The number of hydrogen-bond donors (Lipinski definition) is 3. The summed E-state index contributed by atoms with van der Waals surface area (Å²) in [6.45, 7) is 0. The Morgan fingerprint density at radius 2 is 1.79 bits per heavy atom. The molecule has 5 aromatic rings. The molecule has 0 bridgehead atoms. The van der Waals surface area contributed by atoms with Crippen molar-refractivity contribution in [2.24, 2.45) is 0 Å². The zero-order valence-corrected chi connectivity index (χ0v) is 18.7. The van der Waals surface area contributed by atoms with Gasteiger partial charge in [-0.15, -0.1) is 0 Å². The van der Waals surface area contributed by atoms with Crippen LogP contribution in [0.1, 0.15) is 21.7 Å². The van der Waals surface area contributed by atoms with E-state index in [2.05, 4.69) is 25.5 Å². The number of H-pyrrole nitrogens is 1. The summed E-state index contributed by atoms with van der Waals surface area (Å²) >= 11 is 1.47. The molecule has 0 aliphatic rings. The van der Waals surface area contributed by atoms with Gasteiger partial charge in [0.15, 0.2) is 11.6 Å². The Balaban J connectivity index is 1.37. The van der Waals surface area contributed by atoms with Crippen LogP contribution in [0.4, 0.5) is 5.82 Å². The lowest BCUT2D eigenvalue weighted by Crippen LogP contribution is -2.14. The minimum atomic E-state index is -0.346. The molecular weight excluding hydrogens is 446 g/mol. The number of aromatic amines is 1. The van der Waals surface area contributed by atoms with Crippen LogP contribution >= 0.6 is 11.8 Å². The van der Waals surface area contributed by atoms with E-state index < -0.39 is 0 Å². The summed E-state index contributed by atoms with van der Waals surface area (Å²) in [6.07, 6.45) is 7.12. The number of fused-ring (bicyclic) bond motifs is 1. The molecule has 2 aromatic carbocycles. The summed E-state index contributed by atoms with van der Waals surface area (Å²) in [7, 11) is 0. The van der Waals surface area contributed by atoms with Crippen LogP contribution in [0.2, 0.25) is 0 Å². The third-order valence-electron chi connectivity index (χ3n) is 5.04. The first kappa shape index (κ1) is 21.4. The molecule has 8 heteroatoms. The zero-order chi connectivity index (χ0) is 23.3. The van der Waals surface area contributed by atoms with Gasteiger partial charge in [0.25, 0.3) is 5.91 Å². The average Bonchev–Trinajstić information content (AvgIpc) is 3.27. The number of pyridine rings is 2. The van der Waals surface area contributed by atoms with Crippen LogP contribution in [0.3, 0.4) is 0 Å².